The molecule has 1 aliphatic rings. The Bertz CT molecular complexity index is 583. The van der Waals surface area contributed by atoms with Gasteiger partial charge >= 0.3 is 6.09 Å². The number of hydrogen-bond acceptors (Lipinski definition) is 5. The summed E-state index contributed by atoms with van der Waals surface area (Å²) in [5.74, 6) is 0.692. The average Bonchev–Trinajstić information content (AvgIpc) is 2.49. The Labute approximate surface area is 151 Å². The largest absolute Gasteiger partial charge is 0.444 e. The molecule has 1 saturated carbocycles. The third-order valence-corrected chi connectivity index (χ3v) is 4.29. The number of rotatable bonds is 5. The van der Waals surface area contributed by atoms with E-state index in [1.54, 1.807) is 0 Å². The Kier molecular flexibility index (Phi) is 6.62. The molecule has 1 aromatic rings. The van der Waals surface area contributed by atoms with E-state index in [0.717, 1.165) is 49.8 Å². The monoisotopic (exact) mass is 348 g/mol. The molecule has 2 unspecified atom stereocenters. The van der Waals surface area contributed by atoms with Gasteiger partial charge in [0.05, 0.1) is 0 Å². The van der Waals surface area contributed by atoms with E-state index < -0.39 is 5.60 Å². The predicted octanol–water partition coefficient (Wildman–Crippen LogP) is 3.99. The molecule has 6 nitrogen and oxygen atoms in total. The second-order valence-electron chi connectivity index (χ2n) is 7.92. The molecular formula is C19H32N4O2. The number of nitrogens with one attached hydrogen (secondary N) is 2. The van der Waals surface area contributed by atoms with E-state index in [-0.39, 0.29) is 18.2 Å². The second-order valence-corrected chi connectivity index (χ2v) is 7.92. The Balaban J connectivity index is 1.91. The fourth-order valence-electron chi connectivity index (χ4n) is 3.15. The van der Waals surface area contributed by atoms with Gasteiger partial charge in [-0.15, -0.1) is 0 Å². The van der Waals surface area contributed by atoms with Gasteiger partial charge in [0.2, 0.25) is 5.95 Å². The number of hydrogen-bond donors (Lipinski definition) is 2. The van der Waals surface area contributed by atoms with Crippen molar-refractivity contribution in [1.82, 2.24) is 15.3 Å². The zero-order chi connectivity index (χ0) is 18.4. The van der Waals surface area contributed by atoms with E-state index in [1.807, 2.05) is 27.0 Å². The first-order valence-electron chi connectivity index (χ1n) is 9.35. The van der Waals surface area contributed by atoms with E-state index in [0.29, 0.717) is 5.95 Å². The highest BCUT2D eigenvalue weighted by Gasteiger charge is 2.26. The number of carbonyl (C=O) groups is 1. The van der Waals surface area contributed by atoms with Crippen molar-refractivity contribution in [2.75, 3.05) is 5.32 Å². The molecular weight excluding hydrogens is 316 g/mol. The van der Waals surface area contributed by atoms with Crippen LogP contribution in [0.4, 0.5) is 10.7 Å². The molecule has 0 saturated heterocycles. The van der Waals surface area contributed by atoms with Crippen LogP contribution in [0.5, 0.6) is 0 Å². The molecule has 25 heavy (non-hydrogen) atoms. The van der Waals surface area contributed by atoms with E-state index in [2.05, 4.69) is 34.4 Å². The van der Waals surface area contributed by atoms with Gasteiger partial charge in [0, 0.05) is 24.0 Å². The summed E-state index contributed by atoms with van der Waals surface area (Å²) in [5.41, 5.74) is 1.78. The smallest absolute Gasteiger partial charge is 0.407 e. The van der Waals surface area contributed by atoms with Gasteiger partial charge in [0.25, 0.3) is 0 Å². The summed E-state index contributed by atoms with van der Waals surface area (Å²) in [4.78, 5) is 21.0. The minimum Gasteiger partial charge on any atom is -0.444 e. The minimum absolute atomic E-state index is 0.127. The third kappa shape index (κ3) is 6.52. The maximum absolute atomic E-state index is 12.0. The Morgan fingerprint density at radius 3 is 2.72 bits per heavy atom. The van der Waals surface area contributed by atoms with Crippen molar-refractivity contribution < 1.29 is 9.53 Å². The molecule has 1 aliphatic carbocycles. The molecule has 0 bridgehead atoms. The zero-order valence-electron chi connectivity index (χ0n) is 16.2. The third-order valence-electron chi connectivity index (χ3n) is 4.29. The van der Waals surface area contributed by atoms with Gasteiger partial charge in [-0.25, -0.2) is 14.8 Å². The Morgan fingerprint density at radius 1 is 1.32 bits per heavy atom. The maximum atomic E-state index is 12.0. The Hall–Kier alpha value is -1.85. The van der Waals surface area contributed by atoms with Crippen LogP contribution in [0.1, 0.15) is 71.1 Å². The highest BCUT2D eigenvalue weighted by molar-refractivity contribution is 5.68. The van der Waals surface area contributed by atoms with Crippen molar-refractivity contribution in [3.8, 4) is 0 Å². The second kappa shape index (κ2) is 8.50. The van der Waals surface area contributed by atoms with E-state index in [9.17, 15) is 4.79 Å². The molecule has 1 fully saturated rings. The number of aromatic nitrogens is 2. The lowest BCUT2D eigenvalue weighted by Crippen LogP contribution is -2.44. The van der Waals surface area contributed by atoms with Crippen molar-refractivity contribution in [1.29, 1.82) is 0 Å². The SMILES string of the molecule is CCCc1nc(NC2CCCC(NC(=O)OC(C)(C)C)C2)ncc1C. The number of amides is 1. The maximum Gasteiger partial charge on any atom is 0.407 e. The van der Waals surface area contributed by atoms with E-state index in [4.69, 9.17) is 4.74 Å². The summed E-state index contributed by atoms with van der Waals surface area (Å²) in [6.45, 7) is 9.83. The van der Waals surface area contributed by atoms with Crippen molar-refractivity contribution in [2.24, 2.45) is 0 Å². The van der Waals surface area contributed by atoms with Gasteiger partial charge in [0.1, 0.15) is 5.60 Å². The van der Waals surface area contributed by atoms with Crippen LogP contribution in [0, 0.1) is 6.92 Å². The number of alkyl carbamates (subject to hydrolysis) is 1. The van der Waals surface area contributed by atoms with Gasteiger partial charge in [-0.3, -0.25) is 0 Å². The van der Waals surface area contributed by atoms with Crippen molar-refractivity contribution in [3.63, 3.8) is 0 Å². The normalized spacial score (nSPS) is 20.8. The van der Waals surface area contributed by atoms with Gasteiger partial charge < -0.3 is 15.4 Å². The Morgan fingerprint density at radius 2 is 2.04 bits per heavy atom. The number of aryl methyl sites for hydroxylation is 2. The average molecular weight is 348 g/mol. The quantitative estimate of drug-likeness (QED) is 0.841. The van der Waals surface area contributed by atoms with Gasteiger partial charge in [0.15, 0.2) is 0 Å². The lowest BCUT2D eigenvalue weighted by Gasteiger charge is -2.31. The summed E-state index contributed by atoms with van der Waals surface area (Å²) in [6, 6.07) is 0.396. The summed E-state index contributed by atoms with van der Waals surface area (Å²) >= 11 is 0. The summed E-state index contributed by atoms with van der Waals surface area (Å²) in [6.07, 6.45) is 7.56. The molecule has 1 amide bonds. The number of anilines is 1. The van der Waals surface area contributed by atoms with Crippen LogP contribution in [0.25, 0.3) is 0 Å². The molecule has 0 aliphatic heterocycles. The van der Waals surface area contributed by atoms with Crippen LogP contribution in [0.2, 0.25) is 0 Å². The lowest BCUT2D eigenvalue weighted by atomic mass is 9.91. The first kappa shape index (κ1) is 19.5. The van der Waals surface area contributed by atoms with Gasteiger partial charge in [-0.05, 0) is 65.4 Å². The van der Waals surface area contributed by atoms with Crippen molar-refractivity contribution >= 4 is 12.0 Å². The van der Waals surface area contributed by atoms with Gasteiger partial charge in [-0.2, -0.15) is 0 Å². The number of ether oxygens (including phenoxy) is 1. The summed E-state index contributed by atoms with van der Waals surface area (Å²) in [5, 5.41) is 6.43. The van der Waals surface area contributed by atoms with E-state index in [1.165, 1.54) is 0 Å². The molecule has 2 N–H and O–H groups in total. The van der Waals surface area contributed by atoms with Crippen LogP contribution in [-0.2, 0) is 11.2 Å². The molecule has 2 atom stereocenters. The van der Waals surface area contributed by atoms with Crippen LogP contribution in [0.3, 0.4) is 0 Å². The first-order chi connectivity index (χ1) is 11.8. The van der Waals surface area contributed by atoms with E-state index >= 15 is 0 Å². The summed E-state index contributed by atoms with van der Waals surface area (Å²) < 4.78 is 5.35. The zero-order valence-corrected chi connectivity index (χ0v) is 16.2. The molecule has 0 aromatic carbocycles. The van der Waals surface area contributed by atoms with Gasteiger partial charge in [-0.1, -0.05) is 13.3 Å². The molecule has 1 aromatic heterocycles. The number of carbonyl (C=O) groups excluding carboxylic acids is 1. The number of nitrogens with zero attached hydrogens (tertiary/aromatic N) is 2. The van der Waals surface area contributed by atoms with Crippen LogP contribution >= 0.6 is 0 Å². The lowest BCUT2D eigenvalue weighted by molar-refractivity contribution is 0.0492. The molecule has 2 rings (SSSR count). The molecule has 0 radical (unpaired) electrons. The molecule has 0 spiro atoms. The molecule has 1 heterocycles. The summed E-state index contributed by atoms with van der Waals surface area (Å²) in [7, 11) is 0. The van der Waals surface area contributed by atoms with Crippen LogP contribution in [0.15, 0.2) is 6.20 Å². The highest BCUT2D eigenvalue weighted by atomic mass is 16.6. The highest BCUT2D eigenvalue weighted by Crippen LogP contribution is 2.22. The fraction of sp³-hybridized carbons (Fsp3) is 0.737. The minimum atomic E-state index is -0.470. The molecule has 6 heteroatoms. The topological polar surface area (TPSA) is 76.1 Å². The van der Waals surface area contributed by atoms with Crippen molar-refractivity contribution in [3.05, 3.63) is 17.5 Å². The standard InChI is InChI=1S/C19H32N4O2/c1-6-8-16-13(2)12-20-17(23-16)21-14-9-7-10-15(11-14)22-18(24)25-19(3,4)5/h12,14-15H,6-11H2,1-5H3,(H,22,24)(H,20,21,23). The fourth-order valence-corrected chi connectivity index (χ4v) is 3.15. The predicted molar refractivity (Wildman–Crippen MR) is 99.8 cm³/mol. The van der Waals surface area contributed by atoms with Crippen molar-refractivity contribution in [2.45, 2.75) is 90.8 Å². The van der Waals surface area contributed by atoms with Crippen LogP contribution < -0.4 is 10.6 Å². The first-order valence-corrected chi connectivity index (χ1v) is 9.35. The molecule has 140 valence electrons. The van der Waals surface area contributed by atoms with Crippen LogP contribution in [-0.4, -0.2) is 33.7 Å².